The van der Waals surface area contributed by atoms with E-state index in [1.807, 2.05) is 64.1 Å². The Morgan fingerprint density at radius 2 is 1.47 bits per heavy atom. The maximum Gasteiger partial charge on any atom is 0.264 e. The normalized spacial score (nSPS) is 12.1. The number of halogens is 2. The van der Waals surface area contributed by atoms with E-state index in [9.17, 15) is 18.0 Å². The highest BCUT2D eigenvalue weighted by Crippen LogP contribution is 2.28. The number of amides is 2. The van der Waals surface area contributed by atoms with E-state index in [1.54, 1.807) is 48.5 Å². The first-order valence-electron chi connectivity index (χ1n) is 14.6. The molecule has 0 aromatic heterocycles. The molecule has 1 N–H and O–H groups in total. The summed E-state index contributed by atoms with van der Waals surface area (Å²) >= 11 is 12.7. The standard InChI is InChI=1S/C35H37Cl2N3O4S/c1-24(2)38-35(42)33(20-27-11-7-5-8-12-27)39(22-28-16-17-29(36)21-32(28)37)34(41)23-40(30-18-15-25(3)26(4)19-30)45(43,44)31-13-9-6-10-14-31/h5-19,21,24,33H,20,22-23H2,1-4H3,(H,38,42)/t33-/m1/s1. The lowest BCUT2D eigenvalue weighted by atomic mass is 10.0. The summed E-state index contributed by atoms with van der Waals surface area (Å²) in [7, 11) is -4.18. The first-order valence-corrected chi connectivity index (χ1v) is 16.8. The van der Waals surface area contributed by atoms with E-state index in [0.29, 0.717) is 21.3 Å². The average Bonchev–Trinajstić information content (AvgIpc) is 3.00. The second-order valence-electron chi connectivity index (χ2n) is 11.2. The molecule has 0 radical (unpaired) electrons. The van der Waals surface area contributed by atoms with Gasteiger partial charge in [-0.05, 0) is 86.3 Å². The van der Waals surface area contributed by atoms with Crippen molar-refractivity contribution in [1.82, 2.24) is 10.2 Å². The number of sulfonamides is 1. The third-order valence-electron chi connectivity index (χ3n) is 7.45. The SMILES string of the molecule is Cc1ccc(N(CC(=O)N(Cc2ccc(Cl)cc2Cl)[C@H](Cc2ccccc2)C(=O)NC(C)C)S(=O)(=O)c2ccccc2)cc1C. The van der Waals surface area contributed by atoms with Gasteiger partial charge in [0.1, 0.15) is 12.6 Å². The fraction of sp³-hybridized carbons (Fsp3) is 0.257. The van der Waals surface area contributed by atoms with Crippen LogP contribution in [0.4, 0.5) is 5.69 Å². The van der Waals surface area contributed by atoms with E-state index in [-0.39, 0.29) is 29.8 Å². The van der Waals surface area contributed by atoms with Crippen LogP contribution in [0.2, 0.25) is 10.0 Å². The number of hydrogen-bond donors (Lipinski definition) is 1. The zero-order valence-electron chi connectivity index (χ0n) is 25.7. The van der Waals surface area contributed by atoms with Gasteiger partial charge in [0.05, 0.1) is 10.6 Å². The highest BCUT2D eigenvalue weighted by atomic mass is 35.5. The quantitative estimate of drug-likeness (QED) is 0.177. The van der Waals surface area contributed by atoms with Crippen molar-refractivity contribution in [2.45, 2.75) is 57.6 Å². The van der Waals surface area contributed by atoms with Crippen molar-refractivity contribution in [3.8, 4) is 0 Å². The number of benzene rings is 4. The van der Waals surface area contributed by atoms with E-state index in [0.717, 1.165) is 21.0 Å². The van der Waals surface area contributed by atoms with Crippen LogP contribution in [0, 0.1) is 13.8 Å². The van der Waals surface area contributed by atoms with Crippen molar-refractivity contribution in [2.75, 3.05) is 10.8 Å². The Morgan fingerprint density at radius 1 is 0.822 bits per heavy atom. The molecule has 0 fully saturated rings. The number of nitrogens with one attached hydrogen (secondary N) is 1. The lowest BCUT2D eigenvalue weighted by Gasteiger charge is -2.34. The van der Waals surface area contributed by atoms with Gasteiger partial charge in [-0.1, -0.05) is 83.9 Å². The lowest BCUT2D eigenvalue weighted by Crippen LogP contribution is -2.54. The van der Waals surface area contributed by atoms with Gasteiger partial charge in [-0.25, -0.2) is 8.42 Å². The van der Waals surface area contributed by atoms with Crippen molar-refractivity contribution < 1.29 is 18.0 Å². The topological polar surface area (TPSA) is 86.8 Å². The molecule has 0 unspecified atom stereocenters. The monoisotopic (exact) mass is 665 g/mol. The number of carbonyl (C=O) groups excluding carboxylic acids is 2. The summed E-state index contributed by atoms with van der Waals surface area (Å²) in [5.41, 5.74) is 3.59. The Balaban J connectivity index is 1.84. The Labute approximate surface area is 275 Å². The lowest BCUT2D eigenvalue weighted by molar-refractivity contribution is -0.140. The summed E-state index contributed by atoms with van der Waals surface area (Å²) in [6.45, 7) is 6.89. The van der Waals surface area contributed by atoms with E-state index in [2.05, 4.69) is 5.32 Å². The highest BCUT2D eigenvalue weighted by molar-refractivity contribution is 7.92. The minimum Gasteiger partial charge on any atom is -0.352 e. The summed E-state index contributed by atoms with van der Waals surface area (Å²) in [6, 6.07) is 26.4. The molecule has 0 aliphatic heterocycles. The molecule has 0 heterocycles. The summed E-state index contributed by atoms with van der Waals surface area (Å²) in [5, 5.41) is 3.69. The zero-order valence-corrected chi connectivity index (χ0v) is 28.0. The Kier molecular flexibility index (Phi) is 11.3. The third-order valence-corrected chi connectivity index (χ3v) is 9.82. The maximum absolute atomic E-state index is 14.5. The summed E-state index contributed by atoms with van der Waals surface area (Å²) in [4.78, 5) is 29.8. The summed E-state index contributed by atoms with van der Waals surface area (Å²) < 4.78 is 29.3. The van der Waals surface area contributed by atoms with Crippen molar-refractivity contribution in [3.05, 3.63) is 129 Å². The zero-order chi connectivity index (χ0) is 32.7. The van der Waals surface area contributed by atoms with Gasteiger partial charge < -0.3 is 10.2 Å². The molecule has 45 heavy (non-hydrogen) atoms. The van der Waals surface area contributed by atoms with Gasteiger partial charge in [0.25, 0.3) is 10.0 Å². The number of anilines is 1. The molecular weight excluding hydrogens is 629 g/mol. The van der Waals surface area contributed by atoms with Gasteiger partial charge in [-0.3, -0.25) is 13.9 Å². The van der Waals surface area contributed by atoms with Gasteiger partial charge in [0.2, 0.25) is 11.8 Å². The highest BCUT2D eigenvalue weighted by Gasteiger charge is 2.35. The van der Waals surface area contributed by atoms with Crippen molar-refractivity contribution in [3.63, 3.8) is 0 Å². The molecule has 0 bridgehead atoms. The molecule has 4 aromatic carbocycles. The van der Waals surface area contributed by atoms with Crippen LogP contribution in [0.15, 0.2) is 102 Å². The Bertz CT molecular complexity index is 1750. The van der Waals surface area contributed by atoms with Crippen molar-refractivity contribution >= 4 is 50.7 Å². The molecule has 0 spiro atoms. The molecule has 236 valence electrons. The van der Waals surface area contributed by atoms with Crippen LogP contribution in [0.5, 0.6) is 0 Å². The number of nitrogens with zero attached hydrogens (tertiary/aromatic N) is 2. The maximum atomic E-state index is 14.5. The molecule has 0 saturated carbocycles. The molecule has 4 rings (SSSR count). The van der Waals surface area contributed by atoms with Gasteiger partial charge in [0, 0.05) is 29.1 Å². The Hall–Kier alpha value is -3.85. The summed E-state index contributed by atoms with van der Waals surface area (Å²) in [5.74, 6) is -0.936. The molecule has 1 atom stereocenters. The van der Waals surface area contributed by atoms with Crippen LogP contribution in [-0.4, -0.2) is 43.8 Å². The van der Waals surface area contributed by atoms with Gasteiger partial charge in [-0.15, -0.1) is 0 Å². The van der Waals surface area contributed by atoms with Gasteiger partial charge in [0.15, 0.2) is 0 Å². The fourth-order valence-corrected chi connectivity index (χ4v) is 6.79. The van der Waals surface area contributed by atoms with Crippen LogP contribution >= 0.6 is 23.2 Å². The minimum absolute atomic E-state index is 0.0433. The van der Waals surface area contributed by atoms with Crippen LogP contribution in [0.25, 0.3) is 0 Å². The van der Waals surface area contributed by atoms with E-state index < -0.39 is 28.5 Å². The first kappa shape index (κ1) is 34.0. The number of rotatable bonds is 12. The number of hydrogen-bond acceptors (Lipinski definition) is 4. The largest absolute Gasteiger partial charge is 0.352 e. The average molecular weight is 667 g/mol. The molecule has 0 saturated heterocycles. The molecule has 2 amide bonds. The Morgan fingerprint density at radius 3 is 2.07 bits per heavy atom. The van der Waals surface area contributed by atoms with Crippen LogP contribution < -0.4 is 9.62 Å². The van der Waals surface area contributed by atoms with E-state index >= 15 is 0 Å². The minimum atomic E-state index is -4.18. The van der Waals surface area contributed by atoms with E-state index in [1.165, 1.54) is 17.0 Å². The van der Waals surface area contributed by atoms with Crippen LogP contribution in [-0.2, 0) is 32.6 Å². The van der Waals surface area contributed by atoms with Gasteiger partial charge >= 0.3 is 0 Å². The predicted octanol–water partition coefficient (Wildman–Crippen LogP) is 6.97. The van der Waals surface area contributed by atoms with Gasteiger partial charge in [-0.2, -0.15) is 0 Å². The van der Waals surface area contributed by atoms with Crippen molar-refractivity contribution in [1.29, 1.82) is 0 Å². The molecule has 7 nitrogen and oxygen atoms in total. The molecule has 0 aliphatic carbocycles. The summed E-state index contributed by atoms with van der Waals surface area (Å²) in [6.07, 6.45) is 0.200. The molecule has 10 heteroatoms. The second kappa shape index (κ2) is 15.0. The van der Waals surface area contributed by atoms with Crippen LogP contribution in [0.1, 0.15) is 36.1 Å². The third kappa shape index (κ3) is 8.66. The number of carbonyl (C=O) groups is 2. The number of aryl methyl sites for hydroxylation is 2. The predicted molar refractivity (Wildman–Crippen MR) is 181 cm³/mol. The second-order valence-corrected chi connectivity index (χ2v) is 13.9. The molecular formula is C35H37Cl2N3O4S. The van der Waals surface area contributed by atoms with Crippen LogP contribution in [0.3, 0.4) is 0 Å². The smallest absolute Gasteiger partial charge is 0.264 e. The molecule has 0 aliphatic rings. The van der Waals surface area contributed by atoms with Crippen molar-refractivity contribution in [2.24, 2.45) is 0 Å². The van der Waals surface area contributed by atoms with E-state index in [4.69, 9.17) is 23.2 Å². The molecule has 4 aromatic rings. The fourth-order valence-electron chi connectivity index (χ4n) is 4.90. The first-order chi connectivity index (χ1) is 21.4.